The Bertz CT molecular complexity index is 854. The third-order valence-electron chi connectivity index (χ3n) is 6.29. The van der Waals surface area contributed by atoms with Gasteiger partial charge in [-0.1, -0.05) is 13.8 Å². The molecular formula is C24H35N3O5. The fraction of sp³-hybridized carbons (Fsp3) is 0.625. The number of ether oxygens (including phenoxy) is 2. The number of nitrogens with one attached hydrogen (secondary N) is 1. The van der Waals surface area contributed by atoms with E-state index < -0.39 is 0 Å². The van der Waals surface area contributed by atoms with Crippen molar-refractivity contribution in [3.8, 4) is 5.75 Å². The molecule has 176 valence electrons. The van der Waals surface area contributed by atoms with Crippen molar-refractivity contribution in [1.82, 2.24) is 9.80 Å². The summed E-state index contributed by atoms with van der Waals surface area (Å²) in [6, 6.07) is 4.93. The third-order valence-corrected chi connectivity index (χ3v) is 6.29. The lowest BCUT2D eigenvalue weighted by Gasteiger charge is -2.36. The number of hydrogen-bond donors (Lipinski definition) is 1. The molecule has 0 spiro atoms. The van der Waals surface area contributed by atoms with Gasteiger partial charge in [0, 0.05) is 57.3 Å². The van der Waals surface area contributed by atoms with Crippen LogP contribution < -0.4 is 10.1 Å². The first-order chi connectivity index (χ1) is 15.2. The van der Waals surface area contributed by atoms with E-state index in [2.05, 4.69) is 5.32 Å². The molecule has 1 N–H and O–H groups in total. The highest BCUT2D eigenvalue weighted by Gasteiger charge is 2.31. The first-order valence-electron chi connectivity index (χ1n) is 11.4. The second-order valence-corrected chi connectivity index (χ2v) is 8.97. The SMILES string of the molecule is CCC(=O)N1C[C@@H](C)[C@@H](OC)CN(C)C(=O)c2ccc(NC(=O)C3CC3)cc2OC[C@H]1C. The normalized spacial score (nSPS) is 24.7. The largest absolute Gasteiger partial charge is 0.491 e. The minimum absolute atomic E-state index is 0.00782. The van der Waals surface area contributed by atoms with Crippen molar-refractivity contribution in [2.75, 3.05) is 39.2 Å². The summed E-state index contributed by atoms with van der Waals surface area (Å²) in [5.41, 5.74) is 1.02. The zero-order chi connectivity index (χ0) is 23.4. The second-order valence-electron chi connectivity index (χ2n) is 8.97. The van der Waals surface area contributed by atoms with Gasteiger partial charge >= 0.3 is 0 Å². The van der Waals surface area contributed by atoms with Crippen LogP contribution in [0, 0.1) is 11.8 Å². The van der Waals surface area contributed by atoms with E-state index in [1.807, 2.05) is 25.7 Å². The minimum Gasteiger partial charge on any atom is -0.491 e. The Morgan fingerprint density at radius 2 is 1.94 bits per heavy atom. The molecule has 8 heteroatoms. The molecule has 32 heavy (non-hydrogen) atoms. The fourth-order valence-electron chi connectivity index (χ4n) is 3.99. The zero-order valence-corrected chi connectivity index (χ0v) is 19.7. The molecule has 1 heterocycles. The number of carbonyl (C=O) groups excluding carboxylic acids is 3. The van der Waals surface area contributed by atoms with Gasteiger partial charge in [-0.25, -0.2) is 0 Å². The van der Waals surface area contributed by atoms with E-state index in [-0.39, 0.29) is 48.3 Å². The van der Waals surface area contributed by atoms with Crippen LogP contribution in [-0.4, -0.2) is 73.5 Å². The van der Waals surface area contributed by atoms with E-state index in [0.717, 1.165) is 12.8 Å². The number of fused-ring (bicyclic) bond motifs is 1. The Hall–Kier alpha value is -2.61. The van der Waals surface area contributed by atoms with Crippen LogP contribution in [0.3, 0.4) is 0 Å². The van der Waals surface area contributed by atoms with Crippen molar-refractivity contribution >= 4 is 23.4 Å². The molecular weight excluding hydrogens is 410 g/mol. The fourth-order valence-corrected chi connectivity index (χ4v) is 3.99. The quantitative estimate of drug-likeness (QED) is 0.770. The Balaban J connectivity index is 1.93. The zero-order valence-electron chi connectivity index (χ0n) is 19.7. The predicted octanol–water partition coefficient (Wildman–Crippen LogP) is 2.78. The maximum Gasteiger partial charge on any atom is 0.257 e. The van der Waals surface area contributed by atoms with Crippen molar-refractivity contribution in [2.24, 2.45) is 11.8 Å². The summed E-state index contributed by atoms with van der Waals surface area (Å²) in [5, 5.41) is 2.91. The third kappa shape index (κ3) is 5.59. The van der Waals surface area contributed by atoms with Gasteiger partial charge in [-0.05, 0) is 31.9 Å². The maximum absolute atomic E-state index is 13.2. The van der Waals surface area contributed by atoms with Crippen molar-refractivity contribution in [1.29, 1.82) is 0 Å². The Morgan fingerprint density at radius 3 is 2.56 bits per heavy atom. The molecule has 0 unspecified atom stereocenters. The number of rotatable bonds is 4. The van der Waals surface area contributed by atoms with Gasteiger partial charge in [0.2, 0.25) is 11.8 Å². The van der Waals surface area contributed by atoms with E-state index in [1.54, 1.807) is 37.3 Å². The van der Waals surface area contributed by atoms with Crippen LogP contribution in [0.5, 0.6) is 5.75 Å². The lowest BCUT2D eigenvalue weighted by atomic mass is 10.0. The molecule has 3 amide bonds. The van der Waals surface area contributed by atoms with E-state index in [4.69, 9.17) is 9.47 Å². The summed E-state index contributed by atoms with van der Waals surface area (Å²) < 4.78 is 11.8. The molecule has 3 rings (SSSR count). The molecule has 1 saturated carbocycles. The molecule has 2 aliphatic rings. The van der Waals surface area contributed by atoms with Crippen LogP contribution in [0.25, 0.3) is 0 Å². The lowest BCUT2D eigenvalue weighted by molar-refractivity contribution is -0.135. The van der Waals surface area contributed by atoms with Crippen LogP contribution in [0.1, 0.15) is 50.4 Å². The summed E-state index contributed by atoms with van der Waals surface area (Å²) >= 11 is 0. The molecule has 3 atom stereocenters. The van der Waals surface area contributed by atoms with Crippen LogP contribution in [0.15, 0.2) is 18.2 Å². The highest BCUT2D eigenvalue weighted by Crippen LogP contribution is 2.32. The maximum atomic E-state index is 13.2. The molecule has 1 aliphatic heterocycles. The number of hydrogen-bond acceptors (Lipinski definition) is 5. The van der Waals surface area contributed by atoms with E-state index in [9.17, 15) is 14.4 Å². The molecule has 8 nitrogen and oxygen atoms in total. The molecule has 0 bridgehead atoms. The highest BCUT2D eigenvalue weighted by molar-refractivity contribution is 5.99. The van der Waals surface area contributed by atoms with Crippen LogP contribution in [0.2, 0.25) is 0 Å². The first-order valence-corrected chi connectivity index (χ1v) is 11.4. The molecule has 1 aliphatic carbocycles. The van der Waals surface area contributed by atoms with Gasteiger partial charge < -0.3 is 24.6 Å². The average Bonchev–Trinajstić information content (AvgIpc) is 3.63. The molecule has 1 aromatic carbocycles. The van der Waals surface area contributed by atoms with E-state index in [0.29, 0.717) is 36.5 Å². The number of amides is 3. The van der Waals surface area contributed by atoms with Crippen LogP contribution in [0.4, 0.5) is 5.69 Å². The minimum atomic E-state index is -0.218. The van der Waals surface area contributed by atoms with Crippen molar-refractivity contribution in [3.63, 3.8) is 0 Å². The highest BCUT2D eigenvalue weighted by atomic mass is 16.5. The number of methoxy groups -OCH3 is 1. The van der Waals surface area contributed by atoms with Gasteiger partial charge in [0.15, 0.2) is 0 Å². The number of anilines is 1. The predicted molar refractivity (Wildman–Crippen MR) is 122 cm³/mol. The second kappa shape index (κ2) is 10.3. The Morgan fingerprint density at radius 1 is 1.22 bits per heavy atom. The van der Waals surface area contributed by atoms with Crippen LogP contribution in [-0.2, 0) is 14.3 Å². The first kappa shape index (κ1) is 24.0. The van der Waals surface area contributed by atoms with Gasteiger partial charge in [-0.3, -0.25) is 14.4 Å². The van der Waals surface area contributed by atoms with Gasteiger partial charge in [0.1, 0.15) is 12.4 Å². The number of nitrogens with zero attached hydrogens (tertiary/aromatic N) is 2. The lowest BCUT2D eigenvalue weighted by Crippen LogP contribution is -2.48. The van der Waals surface area contributed by atoms with Crippen molar-refractivity contribution in [3.05, 3.63) is 23.8 Å². The molecule has 0 radical (unpaired) electrons. The summed E-state index contributed by atoms with van der Waals surface area (Å²) in [4.78, 5) is 41.5. The summed E-state index contributed by atoms with van der Waals surface area (Å²) in [6.45, 7) is 6.96. The van der Waals surface area contributed by atoms with E-state index in [1.165, 1.54) is 0 Å². The van der Waals surface area contributed by atoms with Crippen LogP contribution >= 0.6 is 0 Å². The van der Waals surface area contributed by atoms with Crippen molar-refractivity contribution < 1.29 is 23.9 Å². The molecule has 0 saturated heterocycles. The number of benzene rings is 1. The van der Waals surface area contributed by atoms with Gasteiger partial charge in [0.05, 0.1) is 17.7 Å². The topological polar surface area (TPSA) is 88.2 Å². The summed E-state index contributed by atoms with van der Waals surface area (Å²) in [5.74, 6) is 0.373. The van der Waals surface area contributed by atoms with Crippen molar-refractivity contribution in [2.45, 2.75) is 52.2 Å². The molecule has 1 fully saturated rings. The Labute approximate surface area is 190 Å². The van der Waals surface area contributed by atoms with E-state index >= 15 is 0 Å². The average molecular weight is 446 g/mol. The molecule has 1 aromatic rings. The number of likely N-dealkylation sites (N-methyl/N-ethyl adjacent to an activating group) is 1. The van der Waals surface area contributed by atoms with Gasteiger partial charge in [-0.15, -0.1) is 0 Å². The van der Waals surface area contributed by atoms with Gasteiger partial charge in [-0.2, -0.15) is 0 Å². The summed E-state index contributed by atoms with van der Waals surface area (Å²) in [7, 11) is 3.36. The monoisotopic (exact) mass is 445 g/mol. The number of carbonyl (C=O) groups is 3. The standard InChI is InChI=1S/C24H35N3O5/c1-6-22(28)27-12-15(2)21(31-5)13-26(4)24(30)19-10-9-18(25-23(29)17-7-8-17)11-20(19)32-14-16(27)3/h9-11,15-17,21H,6-8,12-14H2,1-5H3,(H,25,29)/t15-,16-,21+/m1/s1. The Kier molecular flexibility index (Phi) is 7.77. The smallest absolute Gasteiger partial charge is 0.257 e. The summed E-state index contributed by atoms with van der Waals surface area (Å²) in [6.07, 6.45) is 2.01. The van der Waals surface area contributed by atoms with Gasteiger partial charge in [0.25, 0.3) is 5.91 Å². The molecule has 0 aromatic heterocycles.